The molecule has 0 amide bonds. The Morgan fingerprint density at radius 2 is 2.20 bits per heavy atom. The quantitative estimate of drug-likeness (QED) is 0.687. The molecular weight excluding hydrogens is 269 g/mol. The highest BCUT2D eigenvalue weighted by Gasteiger charge is 2.45. The molecule has 3 heterocycles. The molecule has 0 bridgehead atoms. The number of anilines is 1. The van der Waals surface area contributed by atoms with Crippen molar-refractivity contribution in [1.29, 1.82) is 0 Å². The van der Waals surface area contributed by atoms with E-state index >= 15 is 0 Å². The van der Waals surface area contributed by atoms with Crippen LogP contribution in [0.2, 0.25) is 0 Å². The van der Waals surface area contributed by atoms with Gasteiger partial charge in [-0.25, -0.2) is 19.3 Å². The molecule has 3 rings (SSSR count). The highest BCUT2D eigenvalue weighted by molar-refractivity contribution is 5.81. The summed E-state index contributed by atoms with van der Waals surface area (Å²) in [6.45, 7) is -0.193. The predicted octanol–water partition coefficient (Wildman–Crippen LogP) is -0.613. The van der Waals surface area contributed by atoms with E-state index in [0.717, 1.165) is 0 Å². The number of imidazole rings is 1. The van der Waals surface area contributed by atoms with E-state index in [-0.39, 0.29) is 18.8 Å². The number of aromatic nitrogens is 4. The molecule has 0 aromatic carbocycles. The largest absolute Gasteiger partial charge is 0.396 e. The van der Waals surface area contributed by atoms with Crippen molar-refractivity contribution in [3.63, 3.8) is 0 Å². The van der Waals surface area contributed by atoms with E-state index in [1.165, 1.54) is 17.2 Å². The first kappa shape index (κ1) is 13.2. The monoisotopic (exact) mass is 283 g/mol. The Morgan fingerprint density at radius 3 is 2.95 bits per heavy atom. The van der Waals surface area contributed by atoms with Gasteiger partial charge in [-0.2, -0.15) is 0 Å². The van der Waals surface area contributed by atoms with Crippen molar-refractivity contribution in [2.75, 3.05) is 12.3 Å². The summed E-state index contributed by atoms with van der Waals surface area (Å²) in [7, 11) is 0. The van der Waals surface area contributed by atoms with Crippen LogP contribution in [0, 0.1) is 0 Å². The highest BCUT2D eigenvalue weighted by Crippen LogP contribution is 2.34. The molecule has 0 unspecified atom stereocenters. The number of hydrogen-bond donors (Lipinski definition) is 3. The maximum atomic E-state index is 14.2. The standard InChI is InChI=1S/C11H14FN5O3/c12-6-8(19)5(1-2-18)20-11(6)17-4-16-7-9(13)14-3-15-10(7)17/h3-6,8,11,18-19H,1-2H2,(H2,13,14,15)/t5-,6-,8-,11-/m1/s1. The Balaban J connectivity index is 1.97. The molecule has 1 fully saturated rings. The third-order valence-corrected chi connectivity index (χ3v) is 3.37. The summed E-state index contributed by atoms with van der Waals surface area (Å²) in [4.78, 5) is 11.8. The normalized spacial score (nSPS) is 30.1. The number of aliphatic hydroxyl groups is 2. The van der Waals surface area contributed by atoms with Gasteiger partial charge in [-0.3, -0.25) is 4.57 Å². The summed E-state index contributed by atoms with van der Waals surface area (Å²) in [5.41, 5.74) is 6.35. The van der Waals surface area contributed by atoms with Crippen LogP contribution < -0.4 is 5.73 Å². The summed E-state index contributed by atoms with van der Waals surface area (Å²) in [6, 6.07) is 0. The minimum absolute atomic E-state index is 0.155. The fraction of sp³-hybridized carbons (Fsp3) is 0.545. The first-order valence-electron chi connectivity index (χ1n) is 6.15. The minimum Gasteiger partial charge on any atom is -0.396 e. The highest BCUT2D eigenvalue weighted by atomic mass is 19.1. The number of ether oxygens (including phenoxy) is 1. The van der Waals surface area contributed by atoms with Gasteiger partial charge in [0.25, 0.3) is 0 Å². The molecule has 0 aliphatic carbocycles. The van der Waals surface area contributed by atoms with E-state index < -0.39 is 24.6 Å². The molecule has 0 saturated carbocycles. The van der Waals surface area contributed by atoms with Gasteiger partial charge in [-0.1, -0.05) is 0 Å². The van der Waals surface area contributed by atoms with Crippen LogP contribution in [0.4, 0.5) is 10.2 Å². The predicted molar refractivity (Wildman–Crippen MR) is 66.3 cm³/mol. The van der Waals surface area contributed by atoms with Crippen molar-refractivity contribution >= 4 is 17.0 Å². The minimum atomic E-state index is -1.64. The maximum absolute atomic E-state index is 14.2. The second kappa shape index (κ2) is 4.93. The van der Waals surface area contributed by atoms with Gasteiger partial charge in [0.05, 0.1) is 12.4 Å². The summed E-state index contributed by atoms with van der Waals surface area (Å²) >= 11 is 0. The van der Waals surface area contributed by atoms with Gasteiger partial charge in [-0.05, 0) is 6.42 Å². The number of nitrogens with two attached hydrogens (primary N) is 1. The van der Waals surface area contributed by atoms with Crippen molar-refractivity contribution in [2.45, 2.75) is 31.0 Å². The van der Waals surface area contributed by atoms with Gasteiger partial charge in [0.15, 0.2) is 23.9 Å². The molecule has 20 heavy (non-hydrogen) atoms. The second-order valence-corrected chi connectivity index (χ2v) is 4.60. The number of nitrogen functional groups attached to an aromatic ring is 1. The molecule has 8 nitrogen and oxygen atoms in total. The third kappa shape index (κ3) is 1.90. The smallest absolute Gasteiger partial charge is 0.173 e. The fourth-order valence-corrected chi connectivity index (χ4v) is 2.35. The van der Waals surface area contributed by atoms with Crippen molar-refractivity contribution in [2.24, 2.45) is 0 Å². The van der Waals surface area contributed by atoms with Gasteiger partial charge in [0, 0.05) is 6.61 Å². The molecule has 4 N–H and O–H groups in total. The van der Waals surface area contributed by atoms with Crippen molar-refractivity contribution in [3.8, 4) is 0 Å². The van der Waals surface area contributed by atoms with E-state index in [0.29, 0.717) is 11.2 Å². The number of rotatable bonds is 3. The van der Waals surface area contributed by atoms with Gasteiger partial charge >= 0.3 is 0 Å². The zero-order valence-electron chi connectivity index (χ0n) is 10.4. The van der Waals surface area contributed by atoms with Crippen LogP contribution in [0.25, 0.3) is 11.2 Å². The van der Waals surface area contributed by atoms with Crippen LogP contribution in [0.1, 0.15) is 12.6 Å². The molecule has 0 spiro atoms. The molecule has 2 aromatic rings. The lowest BCUT2D eigenvalue weighted by molar-refractivity contribution is -0.0317. The Kier molecular flexibility index (Phi) is 3.24. The first-order valence-corrected chi connectivity index (χ1v) is 6.15. The van der Waals surface area contributed by atoms with Gasteiger partial charge in [-0.15, -0.1) is 0 Å². The van der Waals surface area contributed by atoms with E-state index in [1.54, 1.807) is 0 Å². The Bertz CT molecular complexity index is 621. The summed E-state index contributed by atoms with van der Waals surface area (Å²) < 4.78 is 21.0. The maximum Gasteiger partial charge on any atom is 0.173 e. The fourth-order valence-electron chi connectivity index (χ4n) is 2.35. The molecule has 9 heteroatoms. The number of alkyl halides is 1. The van der Waals surface area contributed by atoms with E-state index in [4.69, 9.17) is 15.6 Å². The topological polar surface area (TPSA) is 119 Å². The Labute approximate surface area is 113 Å². The molecular formula is C11H14FN5O3. The van der Waals surface area contributed by atoms with Crippen molar-refractivity contribution in [1.82, 2.24) is 19.5 Å². The lowest BCUT2D eigenvalue weighted by Gasteiger charge is -2.15. The molecule has 0 radical (unpaired) electrons. The second-order valence-electron chi connectivity index (χ2n) is 4.60. The summed E-state index contributed by atoms with van der Waals surface area (Å²) in [5.74, 6) is 0.189. The molecule has 4 atom stereocenters. The number of hydrogen-bond acceptors (Lipinski definition) is 7. The average Bonchev–Trinajstić information content (AvgIpc) is 2.97. The zero-order chi connectivity index (χ0) is 14.3. The van der Waals surface area contributed by atoms with Crippen LogP contribution in [-0.2, 0) is 4.74 Å². The Morgan fingerprint density at radius 1 is 1.40 bits per heavy atom. The molecule has 2 aromatic heterocycles. The number of nitrogens with zero attached hydrogens (tertiary/aromatic N) is 4. The van der Waals surface area contributed by atoms with E-state index in [1.807, 2.05) is 0 Å². The summed E-state index contributed by atoms with van der Waals surface area (Å²) in [6.07, 6.45) is -2.01. The van der Waals surface area contributed by atoms with Crippen LogP contribution in [0.5, 0.6) is 0 Å². The molecule has 1 aliphatic rings. The van der Waals surface area contributed by atoms with E-state index in [9.17, 15) is 9.50 Å². The number of aliphatic hydroxyl groups excluding tert-OH is 2. The lowest BCUT2D eigenvalue weighted by Crippen LogP contribution is -2.28. The number of fused-ring (bicyclic) bond motifs is 1. The SMILES string of the molecule is Nc1ncnc2c1ncn2[C@@H]1O[C@H](CCO)[C@@H](O)[C@H]1F. The van der Waals surface area contributed by atoms with Gasteiger partial charge in [0.1, 0.15) is 17.9 Å². The van der Waals surface area contributed by atoms with Gasteiger partial charge < -0.3 is 20.7 Å². The average molecular weight is 283 g/mol. The van der Waals surface area contributed by atoms with Crippen LogP contribution in [0.15, 0.2) is 12.7 Å². The molecule has 1 aliphatic heterocycles. The van der Waals surface area contributed by atoms with Crippen LogP contribution >= 0.6 is 0 Å². The van der Waals surface area contributed by atoms with Gasteiger partial charge in [0.2, 0.25) is 0 Å². The molecule has 108 valence electrons. The van der Waals surface area contributed by atoms with Crippen molar-refractivity contribution < 1.29 is 19.3 Å². The number of halogens is 1. The summed E-state index contributed by atoms with van der Waals surface area (Å²) in [5, 5.41) is 18.7. The molecule has 1 saturated heterocycles. The van der Waals surface area contributed by atoms with E-state index in [2.05, 4.69) is 15.0 Å². The zero-order valence-corrected chi connectivity index (χ0v) is 10.4. The first-order chi connectivity index (χ1) is 9.63. The van der Waals surface area contributed by atoms with Crippen LogP contribution in [0.3, 0.4) is 0 Å². The third-order valence-electron chi connectivity index (χ3n) is 3.37. The lowest BCUT2D eigenvalue weighted by atomic mass is 10.1. The Hall–Kier alpha value is -1.84. The van der Waals surface area contributed by atoms with Crippen molar-refractivity contribution in [3.05, 3.63) is 12.7 Å². The van der Waals surface area contributed by atoms with Crippen LogP contribution in [-0.4, -0.2) is 54.7 Å².